The van der Waals surface area contributed by atoms with Crippen molar-refractivity contribution in [1.82, 2.24) is 5.32 Å². The molecule has 0 aliphatic heterocycles. The highest BCUT2D eigenvalue weighted by atomic mass is 35.5. The van der Waals surface area contributed by atoms with Gasteiger partial charge in [0, 0.05) is 12.6 Å². The number of nitrogens with one attached hydrogen (secondary N) is 1. The number of sulfonamides is 1. The molecule has 0 fully saturated rings. The van der Waals surface area contributed by atoms with Crippen molar-refractivity contribution in [1.29, 1.82) is 0 Å². The van der Waals surface area contributed by atoms with E-state index in [4.69, 9.17) is 33.1 Å². The van der Waals surface area contributed by atoms with Crippen LogP contribution in [0.1, 0.15) is 13.3 Å². The Kier molecular flexibility index (Phi) is 6.07. The number of nitrogens with two attached hydrogens (primary N) is 1. The van der Waals surface area contributed by atoms with Gasteiger partial charge in [0.15, 0.2) is 0 Å². The van der Waals surface area contributed by atoms with Gasteiger partial charge < -0.3 is 10.1 Å². The Morgan fingerprint density at radius 1 is 1.35 bits per heavy atom. The highest BCUT2D eigenvalue weighted by molar-refractivity contribution is 7.89. The van der Waals surface area contributed by atoms with Crippen molar-refractivity contribution in [2.45, 2.75) is 18.2 Å². The van der Waals surface area contributed by atoms with Crippen LogP contribution >= 0.6 is 23.2 Å². The third-order valence-corrected chi connectivity index (χ3v) is 3.92. The topological polar surface area (TPSA) is 98.5 Å². The molecule has 0 spiro atoms. The number of carbonyl (C=O) groups excluding carboxylic acids is 1. The summed E-state index contributed by atoms with van der Waals surface area (Å²) < 4.78 is 27.8. The van der Waals surface area contributed by atoms with Crippen LogP contribution in [0.4, 0.5) is 0 Å². The van der Waals surface area contributed by atoms with Crippen LogP contribution in [0.2, 0.25) is 10.0 Å². The lowest BCUT2D eigenvalue weighted by Crippen LogP contribution is -2.24. The van der Waals surface area contributed by atoms with Gasteiger partial charge in [0.1, 0.15) is 10.6 Å². The van der Waals surface area contributed by atoms with E-state index in [0.29, 0.717) is 6.54 Å². The second-order valence-electron chi connectivity index (χ2n) is 3.81. The molecule has 1 aromatic carbocycles. The van der Waals surface area contributed by atoms with Crippen LogP contribution in [0.5, 0.6) is 5.75 Å². The number of hydrogen-bond acceptors (Lipinski definition) is 4. The standard InChI is InChI=1S/C11H14Cl2N2O4S/c1-2-15-11(16)3-4-19-9-5-8(13)10(6-7(9)12)20(14,17)18/h5-6H,2-4H2,1H3,(H,15,16)(H2,14,17,18). The largest absolute Gasteiger partial charge is 0.491 e. The summed E-state index contributed by atoms with van der Waals surface area (Å²) in [7, 11) is -3.95. The average Bonchev–Trinajstić information content (AvgIpc) is 2.32. The predicted octanol–water partition coefficient (Wildman–Crippen LogP) is 1.55. The second kappa shape index (κ2) is 7.12. The molecule has 1 rings (SSSR count). The Hall–Kier alpha value is -1.02. The summed E-state index contributed by atoms with van der Waals surface area (Å²) in [4.78, 5) is 10.9. The summed E-state index contributed by atoms with van der Waals surface area (Å²) >= 11 is 11.7. The van der Waals surface area contributed by atoms with Crippen molar-refractivity contribution >= 4 is 39.1 Å². The maximum absolute atomic E-state index is 11.2. The zero-order valence-electron chi connectivity index (χ0n) is 10.7. The van der Waals surface area contributed by atoms with Gasteiger partial charge in [0.25, 0.3) is 0 Å². The summed E-state index contributed by atoms with van der Waals surface area (Å²) in [5, 5.41) is 7.56. The number of primary sulfonamides is 1. The van der Waals surface area contributed by atoms with Crippen LogP contribution in [-0.2, 0) is 14.8 Å². The molecule has 1 amide bonds. The molecule has 112 valence electrons. The molecule has 3 N–H and O–H groups in total. The van der Waals surface area contributed by atoms with Crippen molar-refractivity contribution in [3.63, 3.8) is 0 Å². The van der Waals surface area contributed by atoms with E-state index < -0.39 is 10.0 Å². The molecule has 6 nitrogen and oxygen atoms in total. The van der Waals surface area contributed by atoms with E-state index in [1.807, 2.05) is 0 Å². The Balaban J connectivity index is 2.79. The van der Waals surface area contributed by atoms with Crippen molar-refractivity contribution in [2.75, 3.05) is 13.2 Å². The highest BCUT2D eigenvalue weighted by Gasteiger charge is 2.17. The lowest BCUT2D eigenvalue weighted by molar-refractivity contribution is -0.121. The van der Waals surface area contributed by atoms with Crippen LogP contribution < -0.4 is 15.2 Å². The first kappa shape index (κ1) is 17.0. The quantitative estimate of drug-likeness (QED) is 0.820. The second-order valence-corrected chi connectivity index (χ2v) is 6.15. The molecular formula is C11H14Cl2N2O4S. The molecule has 20 heavy (non-hydrogen) atoms. The number of ether oxygens (including phenoxy) is 1. The molecule has 9 heteroatoms. The molecule has 0 saturated heterocycles. The van der Waals surface area contributed by atoms with Gasteiger partial charge >= 0.3 is 0 Å². The molecule has 0 radical (unpaired) electrons. The molecule has 0 bridgehead atoms. The van der Waals surface area contributed by atoms with Gasteiger partial charge in [-0.25, -0.2) is 13.6 Å². The Bertz CT molecular complexity index is 605. The van der Waals surface area contributed by atoms with E-state index in [-0.39, 0.29) is 39.6 Å². The van der Waals surface area contributed by atoms with Crippen molar-refractivity contribution in [3.8, 4) is 5.75 Å². The molecule has 0 saturated carbocycles. The normalized spacial score (nSPS) is 11.2. The summed E-state index contributed by atoms with van der Waals surface area (Å²) in [5.41, 5.74) is 0. The molecule has 0 aliphatic rings. The van der Waals surface area contributed by atoms with E-state index in [0.717, 1.165) is 6.07 Å². The Morgan fingerprint density at radius 3 is 2.55 bits per heavy atom. The van der Waals surface area contributed by atoms with Gasteiger partial charge in [-0.15, -0.1) is 0 Å². The van der Waals surface area contributed by atoms with E-state index in [9.17, 15) is 13.2 Å². The number of carbonyl (C=O) groups is 1. The fourth-order valence-electron chi connectivity index (χ4n) is 1.38. The van der Waals surface area contributed by atoms with Crippen LogP contribution in [0.25, 0.3) is 0 Å². The van der Waals surface area contributed by atoms with Gasteiger partial charge in [-0.05, 0) is 13.0 Å². The molecule has 0 aromatic heterocycles. The van der Waals surface area contributed by atoms with Gasteiger partial charge in [-0.2, -0.15) is 0 Å². The fourth-order valence-corrected chi connectivity index (χ4v) is 2.75. The first-order valence-electron chi connectivity index (χ1n) is 5.67. The fraction of sp³-hybridized carbons (Fsp3) is 0.364. The third-order valence-electron chi connectivity index (χ3n) is 2.25. The highest BCUT2D eigenvalue weighted by Crippen LogP contribution is 2.33. The number of hydrogen-bond donors (Lipinski definition) is 2. The number of rotatable bonds is 6. The summed E-state index contributed by atoms with van der Waals surface area (Å²) in [6.45, 7) is 2.44. The monoisotopic (exact) mass is 340 g/mol. The lowest BCUT2D eigenvalue weighted by Gasteiger charge is -2.10. The van der Waals surface area contributed by atoms with Crippen LogP contribution in [0.15, 0.2) is 17.0 Å². The SMILES string of the molecule is CCNC(=O)CCOc1cc(Cl)c(S(N)(=O)=O)cc1Cl. The zero-order valence-corrected chi connectivity index (χ0v) is 13.0. The maximum Gasteiger partial charge on any atom is 0.239 e. The average molecular weight is 341 g/mol. The molecule has 1 aromatic rings. The Morgan fingerprint density at radius 2 is 2.00 bits per heavy atom. The van der Waals surface area contributed by atoms with Crippen molar-refractivity contribution in [2.24, 2.45) is 5.14 Å². The van der Waals surface area contributed by atoms with E-state index in [2.05, 4.69) is 5.32 Å². The molecule has 0 unspecified atom stereocenters. The van der Waals surface area contributed by atoms with Crippen molar-refractivity contribution < 1.29 is 17.9 Å². The lowest BCUT2D eigenvalue weighted by atomic mass is 10.3. The summed E-state index contributed by atoms with van der Waals surface area (Å²) in [5.74, 6) is 0.0317. The smallest absolute Gasteiger partial charge is 0.239 e. The maximum atomic E-state index is 11.2. The minimum absolute atomic E-state index is 0.0503. The zero-order chi connectivity index (χ0) is 15.3. The minimum Gasteiger partial charge on any atom is -0.491 e. The van der Waals surface area contributed by atoms with Crippen LogP contribution in [0.3, 0.4) is 0 Å². The predicted molar refractivity (Wildman–Crippen MR) is 76.6 cm³/mol. The molecule has 0 atom stereocenters. The van der Waals surface area contributed by atoms with Gasteiger partial charge in [0.2, 0.25) is 15.9 Å². The first-order valence-corrected chi connectivity index (χ1v) is 7.97. The van der Waals surface area contributed by atoms with Crippen LogP contribution in [0, 0.1) is 0 Å². The molecule has 0 aliphatic carbocycles. The number of halogens is 2. The van der Waals surface area contributed by atoms with Crippen LogP contribution in [-0.4, -0.2) is 27.5 Å². The van der Waals surface area contributed by atoms with E-state index >= 15 is 0 Å². The van der Waals surface area contributed by atoms with Gasteiger partial charge in [-0.1, -0.05) is 23.2 Å². The number of amides is 1. The van der Waals surface area contributed by atoms with E-state index in [1.54, 1.807) is 6.92 Å². The first-order chi connectivity index (χ1) is 9.25. The minimum atomic E-state index is -3.95. The summed E-state index contributed by atoms with van der Waals surface area (Å²) in [6, 6.07) is 2.36. The third kappa shape index (κ3) is 4.82. The van der Waals surface area contributed by atoms with Gasteiger partial charge in [0.05, 0.1) is 23.1 Å². The molecule has 0 heterocycles. The number of benzene rings is 1. The van der Waals surface area contributed by atoms with Gasteiger partial charge in [-0.3, -0.25) is 4.79 Å². The summed E-state index contributed by atoms with van der Waals surface area (Å²) in [6.07, 6.45) is 0.152. The van der Waals surface area contributed by atoms with Crippen molar-refractivity contribution in [3.05, 3.63) is 22.2 Å². The van der Waals surface area contributed by atoms with E-state index in [1.165, 1.54) is 6.07 Å². The Labute approximate surface area is 127 Å². The molecular weight excluding hydrogens is 327 g/mol.